The molecule has 0 aliphatic carbocycles. The van der Waals surface area contributed by atoms with Gasteiger partial charge in [-0.1, -0.05) is 0 Å². The first-order valence-corrected chi connectivity index (χ1v) is 4.39. The SMILES string of the molecule is CNC(=O)Nc1ccc(N(C)C)cc1. The molecule has 14 heavy (non-hydrogen) atoms. The molecule has 76 valence electrons. The minimum absolute atomic E-state index is 0.206. The van der Waals surface area contributed by atoms with Crippen LogP contribution < -0.4 is 15.5 Å². The van der Waals surface area contributed by atoms with E-state index in [0.717, 1.165) is 11.4 Å². The number of carbonyl (C=O) groups excluding carboxylic acids is 1. The molecule has 0 unspecified atom stereocenters. The van der Waals surface area contributed by atoms with Gasteiger partial charge in [0.15, 0.2) is 0 Å². The molecule has 0 heterocycles. The molecule has 0 aliphatic rings. The molecule has 2 N–H and O–H groups in total. The number of nitrogens with zero attached hydrogens (tertiary/aromatic N) is 1. The van der Waals surface area contributed by atoms with Gasteiger partial charge in [0.05, 0.1) is 0 Å². The van der Waals surface area contributed by atoms with Gasteiger partial charge < -0.3 is 15.5 Å². The fourth-order valence-electron chi connectivity index (χ4n) is 1.04. The zero-order chi connectivity index (χ0) is 10.6. The van der Waals surface area contributed by atoms with E-state index < -0.39 is 0 Å². The summed E-state index contributed by atoms with van der Waals surface area (Å²) in [6.07, 6.45) is 0. The Hall–Kier alpha value is -1.71. The van der Waals surface area contributed by atoms with Crippen molar-refractivity contribution in [2.75, 3.05) is 31.4 Å². The van der Waals surface area contributed by atoms with Crippen molar-refractivity contribution in [2.45, 2.75) is 0 Å². The van der Waals surface area contributed by atoms with Crippen LogP contribution in [-0.4, -0.2) is 27.2 Å². The molecule has 4 heteroatoms. The van der Waals surface area contributed by atoms with Crippen LogP contribution >= 0.6 is 0 Å². The summed E-state index contributed by atoms with van der Waals surface area (Å²) >= 11 is 0. The van der Waals surface area contributed by atoms with Gasteiger partial charge in [0.1, 0.15) is 0 Å². The van der Waals surface area contributed by atoms with Gasteiger partial charge >= 0.3 is 6.03 Å². The number of urea groups is 1. The molecule has 0 aromatic heterocycles. The second-order valence-corrected chi connectivity index (χ2v) is 3.15. The van der Waals surface area contributed by atoms with Gasteiger partial charge in [0.2, 0.25) is 0 Å². The first-order chi connectivity index (χ1) is 6.63. The normalized spacial score (nSPS) is 9.36. The van der Waals surface area contributed by atoms with Crippen LogP contribution in [0, 0.1) is 0 Å². The van der Waals surface area contributed by atoms with Crippen LogP contribution in [0.25, 0.3) is 0 Å². The summed E-state index contributed by atoms with van der Waals surface area (Å²) in [5.41, 5.74) is 1.89. The minimum Gasteiger partial charge on any atom is -0.378 e. The van der Waals surface area contributed by atoms with Crippen molar-refractivity contribution in [2.24, 2.45) is 0 Å². The highest BCUT2D eigenvalue weighted by Crippen LogP contribution is 2.15. The van der Waals surface area contributed by atoms with Gasteiger partial charge in [-0.2, -0.15) is 0 Å². The predicted octanol–water partition coefficient (Wildman–Crippen LogP) is 1.50. The van der Waals surface area contributed by atoms with Crippen LogP contribution in [0.4, 0.5) is 16.2 Å². The lowest BCUT2D eigenvalue weighted by atomic mass is 10.2. The summed E-state index contributed by atoms with van der Waals surface area (Å²) in [6.45, 7) is 0. The molecule has 0 aliphatic heterocycles. The van der Waals surface area contributed by atoms with Crippen molar-refractivity contribution in [3.63, 3.8) is 0 Å². The van der Waals surface area contributed by atoms with Crippen molar-refractivity contribution in [1.29, 1.82) is 0 Å². The Morgan fingerprint density at radius 1 is 1.21 bits per heavy atom. The zero-order valence-corrected chi connectivity index (χ0v) is 8.66. The maximum atomic E-state index is 11.0. The molecule has 1 aromatic carbocycles. The van der Waals surface area contributed by atoms with E-state index in [9.17, 15) is 4.79 Å². The average Bonchev–Trinajstić information content (AvgIpc) is 2.18. The first kappa shape index (κ1) is 10.4. The fourth-order valence-corrected chi connectivity index (χ4v) is 1.04. The van der Waals surface area contributed by atoms with E-state index in [2.05, 4.69) is 10.6 Å². The quantitative estimate of drug-likeness (QED) is 0.747. The molecular weight excluding hydrogens is 178 g/mol. The smallest absolute Gasteiger partial charge is 0.318 e. The summed E-state index contributed by atoms with van der Waals surface area (Å²) in [7, 11) is 5.53. The lowest BCUT2D eigenvalue weighted by Gasteiger charge is -2.12. The number of nitrogens with one attached hydrogen (secondary N) is 2. The lowest BCUT2D eigenvalue weighted by molar-refractivity contribution is 0.254. The Kier molecular flexibility index (Phi) is 3.34. The third-order valence-corrected chi connectivity index (χ3v) is 1.87. The molecule has 1 rings (SSSR count). The number of anilines is 2. The number of benzene rings is 1. The van der Waals surface area contributed by atoms with Crippen LogP contribution in [-0.2, 0) is 0 Å². The van der Waals surface area contributed by atoms with Gasteiger partial charge in [-0.3, -0.25) is 0 Å². The number of hydrogen-bond acceptors (Lipinski definition) is 2. The van der Waals surface area contributed by atoms with Crippen LogP contribution in [0.15, 0.2) is 24.3 Å². The highest BCUT2D eigenvalue weighted by molar-refractivity contribution is 5.89. The lowest BCUT2D eigenvalue weighted by Crippen LogP contribution is -2.24. The third kappa shape index (κ3) is 2.65. The Bertz CT molecular complexity index is 306. The third-order valence-electron chi connectivity index (χ3n) is 1.87. The molecule has 0 atom stereocenters. The van der Waals surface area contributed by atoms with Gasteiger partial charge in [-0.05, 0) is 24.3 Å². The Labute approximate surface area is 83.9 Å². The molecule has 0 saturated carbocycles. The maximum Gasteiger partial charge on any atom is 0.318 e. The highest BCUT2D eigenvalue weighted by atomic mass is 16.2. The van der Waals surface area contributed by atoms with E-state index in [4.69, 9.17) is 0 Å². The van der Waals surface area contributed by atoms with Crippen molar-refractivity contribution in [3.8, 4) is 0 Å². The molecule has 0 saturated heterocycles. The van der Waals surface area contributed by atoms with Gasteiger partial charge in [-0.25, -0.2) is 4.79 Å². The molecule has 0 spiro atoms. The van der Waals surface area contributed by atoms with E-state index in [0.29, 0.717) is 0 Å². The summed E-state index contributed by atoms with van der Waals surface area (Å²) in [5.74, 6) is 0. The van der Waals surface area contributed by atoms with Crippen molar-refractivity contribution in [1.82, 2.24) is 5.32 Å². The Morgan fingerprint density at radius 3 is 2.21 bits per heavy atom. The number of carbonyl (C=O) groups is 1. The number of amides is 2. The van der Waals surface area contributed by atoms with Crippen molar-refractivity contribution in [3.05, 3.63) is 24.3 Å². The monoisotopic (exact) mass is 193 g/mol. The van der Waals surface area contributed by atoms with E-state index >= 15 is 0 Å². The summed E-state index contributed by atoms with van der Waals surface area (Å²) in [6, 6.07) is 7.42. The summed E-state index contributed by atoms with van der Waals surface area (Å²) in [4.78, 5) is 13.0. The molecule has 2 amide bonds. The van der Waals surface area contributed by atoms with Gasteiger partial charge in [0.25, 0.3) is 0 Å². The first-order valence-electron chi connectivity index (χ1n) is 4.39. The van der Waals surface area contributed by atoms with E-state index in [1.165, 1.54) is 0 Å². The largest absolute Gasteiger partial charge is 0.378 e. The molecular formula is C10H15N3O. The van der Waals surface area contributed by atoms with E-state index in [1.54, 1.807) is 7.05 Å². The second-order valence-electron chi connectivity index (χ2n) is 3.15. The standard InChI is InChI=1S/C10H15N3O/c1-11-10(14)12-8-4-6-9(7-5-8)13(2)3/h4-7H,1-3H3,(H2,11,12,14). The second kappa shape index (κ2) is 4.50. The molecule has 0 fully saturated rings. The molecule has 4 nitrogen and oxygen atoms in total. The van der Waals surface area contributed by atoms with Crippen molar-refractivity contribution < 1.29 is 4.79 Å². The Balaban J connectivity index is 2.69. The molecule has 1 aromatic rings. The van der Waals surface area contributed by atoms with Crippen LogP contribution in [0.3, 0.4) is 0 Å². The Morgan fingerprint density at radius 2 is 1.79 bits per heavy atom. The summed E-state index contributed by atoms with van der Waals surface area (Å²) < 4.78 is 0. The summed E-state index contributed by atoms with van der Waals surface area (Å²) in [5, 5.41) is 5.18. The topological polar surface area (TPSA) is 44.4 Å². The maximum absolute atomic E-state index is 11.0. The number of hydrogen-bond donors (Lipinski definition) is 2. The molecule has 0 bridgehead atoms. The molecule has 0 radical (unpaired) electrons. The minimum atomic E-state index is -0.206. The van der Waals surface area contributed by atoms with E-state index in [1.807, 2.05) is 43.3 Å². The van der Waals surface area contributed by atoms with Gasteiger partial charge in [0, 0.05) is 32.5 Å². The van der Waals surface area contributed by atoms with Crippen LogP contribution in [0.5, 0.6) is 0 Å². The van der Waals surface area contributed by atoms with E-state index in [-0.39, 0.29) is 6.03 Å². The van der Waals surface area contributed by atoms with Crippen molar-refractivity contribution >= 4 is 17.4 Å². The van der Waals surface area contributed by atoms with Crippen LogP contribution in [0.2, 0.25) is 0 Å². The highest BCUT2D eigenvalue weighted by Gasteiger charge is 1.98. The zero-order valence-electron chi connectivity index (χ0n) is 8.66. The van der Waals surface area contributed by atoms with Crippen LogP contribution in [0.1, 0.15) is 0 Å². The fraction of sp³-hybridized carbons (Fsp3) is 0.300. The number of rotatable bonds is 2. The predicted molar refractivity (Wildman–Crippen MR) is 58.8 cm³/mol. The average molecular weight is 193 g/mol. The van der Waals surface area contributed by atoms with Gasteiger partial charge in [-0.15, -0.1) is 0 Å².